The first-order valence-electron chi connectivity index (χ1n) is 13.7. The molecule has 3 aromatic heterocycles. The van der Waals surface area contributed by atoms with Crippen molar-refractivity contribution in [2.45, 2.75) is 47.5 Å². The summed E-state index contributed by atoms with van der Waals surface area (Å²) in [6.45, 7) is 21.6. The van der Waals surface area contributed by atoms with Crippen LogP contribution in [0.5, 0.6) is 5.75 Å². The molecule has 5 heterocycles. The molecule has 8 heteroatoms. The number of esters is 1. The van der Waals surface area contributed by atoms with Crippen molar-refractivity contribution in [1.29, 1.82) is 0 Å². The van der Waals surface area contributed by atoms with Crippen LogP contribution in [0.2, 0.25) is 0 Å². The molecule has 8 bridgehead atoms. The number of nitrogens with one attached hydrogen (secondary N) is 2. The fraction of sp³-hybridized carbons (Fsp3) is 0.206. The molecule has 0 saturated carbocycles. The number of aromatic nitrogens is 4. The zero-order chi connectivity index (χ0) is 30.3. The van der Waals surface area contributed by atoms with Gasteiger partial charge in [0, 0.05) is 46.1 Å². The lowest BCUT2D eigenvalue weighted by Gasteiger charge is -2.05. The summed E-state index contributed by atoms with van der Waals surface area (Å²) in [5.41, 5.74) is 12.4. The molecule has 214 valence electrons. The van der Waals surface area contributed by atoms with E-state index in [4.69, 9.17) is 14.7 Å². The lowest BCUT2D eigenvalue weighted by atomic mass is 10.0. The molecule has 0 aromatic carbocycles. The van der Waals surface area contributed by atoms with Crippen molar-refractivity contribution in [2.75, 3.05) is 0 Å². The molecule has 0 amide bonds. The Bertz CT molecular complexity index is 1920. The third-order valence-corrected chi connectivity index (χ3v) is 7.86. The number of carbonyl (C=O) groups is 1. The molecular formula is C34H34N4O4. The summed E-state index contributed by atoms with van der Waals surface area (Å²) in [5.74, 6) is 0.290. The van der Waals surface area contributed by atoms with Crippen LogP contribution in [-0.2, 0) is 9.68 Å². The van der Waals surface area contributed by atoms with Gasteiger partial charge in [-0.15, -0.1) is 0 Å². The average Bonchev–Trinajstić information content (AvgIpc) is 3.63. The molecule has 0 atom stereocenters. The normalized spacial score (nSPS) is 12.9. The second-order valence-corrected chi connectivity index (χ2v) is 10.4. The van der Waals surface area contributed by atoms with Crippen LogP contribution in [0.1, 0.15) is 73.1 Å². The predicted molar refractivity (Wildman–Crippen MR) is 169 cm³/mol. The molecule has 5 rings (SSSR count). The zero-order valence-corrected chi connectivity index (χ0v) is 24.6. The molecule has 0 aliphatic carbocycles. The number of fused-ring (bicyclic) bond motifs is 8. The van der Waals surface area contributed by atoms with E-state index in [1.54, 1.807) is 6.92 Å². The average molecular weight is 563 g/mol. The van der Waals surface area contributed by atoms with Crippen LogP contribution < -0.4 is 4.74 Å². The molecule has 2 aliphatic heterocycles. The minimum Gasteiger partial charge on any atom is -0.424 e. The second-order valence-electron chi connectivity index (χ2n) is 10.4. The number of ether oxygens (including phenoxy) is 1. The molecule has 0 saturated heterocycles. The van der Waals surface area contributed by atoms with Gasteiger partial charge < -0.3 is 19.6 Å². The molecule has 0 spiro atoms. The minimum atomic E-state index is -0.340. The number of allylic oxidation sites excluding steroid dienone is 5. The van der Waals surface area contributed by atoms with Gasteiger partial charge >= 0.3 is 5.97 Å². The Morgan fingerprint density at radius 1 is 0.857 bits per heavy atom. The number of nitrogens with zero attached hydrogens (tertiary/aromatic N) is 2. The Morgan fingerprint density at radius 2 is 1.50 bits per heavy atom. The standard InChI is InChI=1S/C34H34N4O4/c1-9-22-19(6)26-14-31-24(12-17(4)42-40)20(7)27(37-31)16-32-34(41-33(39)11-3)21(8)28(38-32)15-30-23(10-2)18(5)25(35-30)13-29(22)36-26/h9-10,13-16,35,38,40H,1-2,4,11-12H2,3,5-8H3. The van der Waals surface area contributed by atoms with Crippen molar-refractivity contribution in [1.82, 2.24) is 19.9 Å². The van der Waals surface area contributed by atoms with Crippen LogP contribution in [-0.4, -0.2) is 31.2 Å². The third kappa shape index (κ3) is 4.90. The number of aryl methyl sites for hydroxylation is 2. The van der Waals surface area contributed by atoms with E-state index in [0.717, 1.165) is 66.9 Å². The maximum atomic E-state index is 12.4. The summed E-state index contributed by atoms with van der Waals surface area (Å²) in [6.07, 6.45) is 4.12. The quantitative estimate of drug-likeness (QED) is 0.115. The van der Waals surface area contributed by atoms with Gasteiger partial charge in [0.2, 0.25) is 0 Å². The maximum Gasteiger partial charge on any atom is 0.310 e. The van der Waals surface area contributed by atoms with E-state index in [2.05, 4.69) is 34.6 Å². The molecule has 0 radical (unpaired) electrons. The van der Waals surface area contributed by atoms with Crippen LogP contribution in [0.3, 0.4) is 0 Å². The largest absolute Gasteiger partial charge is 0.424 e. The zero-order valence-electron chi connectivity index (χ0n) is 24.6. The topological polar surface area (TPSA) is 113 Å². The van der Waals surface area contributed by atoms with Gasteiger partial charge in [-0.2, -0.15) is 0 Å². The van der Waals surface area contributed by atoms with Crippen LogP contribution in [0.25, 0.3) is 50.4 Å². The second kappa shape index (κ2) is 11.1. The molecule has 2 aliphatic rings. The summed E-state index contributed by atoms with van der Waals surface area (Å²) in [6, 6.07) is 7.80. The fourth-order valence-electron chi connectivity index (χ4n) is 5.36. The van der Waals surface area contributed by atoms with E-state index < -0.39 is 0 Å². The summed E-state index contributed by atoms with van der Waals surface area (Å²) in [7, 11) is 0. The third-order valence-electron chi connectivity index (χ3n) is 7.86. The van der Waals surface area contributed by atoms with Crippen molar-refractivity contribution in [3.05, 3.63) is 95.3 Å². The van der Waals surface area contributed by atoms with Crippen LogP contribution >= 0.6 is 0 Å². The number of hydrogen-bond donors (Lipinski definition) is 3. The van der Waals surface area contributed by atoms with Gasteiger partial charge in [0.1, 0.15) is 5.76 Å². The number of carbonyl (C=O) groups excluding carboxylic acids is 1. The van der Waals surface area contributed by atoms with Crippen molar-refractivity contribution >= 4 is 56.4 Å². The van der Waals surface area contributed by atoms with E-state index in [1.165, 1.54) is 0 Å². The Morgan fingerprint density at radius 3 is 2.17 bits per heavy atom. The van der Waals surface area contributed by atoms with Crippen molar-refractivity contribution in [2.24, 2.45) is 0 Å². The Labute approximate surface area is 244 Å². The lowest BCUT2D eigenvalue weighted by molar-refractivity contribution is -0.203. The number of H-pyrrole nitrogens is 2. The highest BCUT2D eigenvalue weighted by Crippen LogP contribution is 2.38. The van der Waals surface area contributed by atoms with E-state index >= 15 is 0 Å². The van der Waals surface area contributed by atoms with Crippen LogP contribution in [0, 0.1) is 13.8 Å². The molecule has 3 aromatic rings. The Hall–Kier alpha value is -4.95. The van der Waals surface area contributed by atoms with E-state index in [1.807, 2.05) is 64.1 Å². The highest BCUT2D eigenvalue weighted by molar-refractivity contribution is 5.98. The minimum absolute atomic E-state index is 0.187. The summed E-state index contributed by atoms with van der Waals surface area (Å²) < 4.78 is 5.82. The smallest absolute Gasteiger partial charge is 0.310 e. The van der Waals surface area contributed by atoms with Gasteiger partial charge in [-0.1, -0.05) is 38.8 Å². The lowest BCUT2D eigenvalue weighted by Crippen LogP contribution is -2.05. The van der Waals surface area contributed by atoms with Crippen LogP contribution in [0.4, 0.5) is 0 Å². The van der Waals surface area contributed by atoms with Crippen molar-refractivity contribution in [3.63, 3.8) is 0 Å². The Kier molecular flexibility index (Phi) is 7.58. The molecule has 3 N–H and O–H groups in total. The maximum absolute atomic E-state index is 12.4. The fourth-order valence-corrected chi connectivity index (χ4v) is 5.36. The predicted octanol–water partition coefficient (Wildman–Crippen LogP) is 8.33. The molecular weight excluding hydrogens is 528 g/mol. The first-order valence-corrected chi connectivity index (χ1v) is 13.7. The van der Waals surface area contributed by atoms with Gasteiger partial charge in [-0.05, 0) is 74.2 Å². The molecule has 42 heavy (non-hydrogen) atoms. The molecule has 8 nitrogen and oxygen atoms in total. The van der Waals surface area contributed by atoms with E-state index in [9.17, 15) is 10.1 Å². The van der Waals surface area contributed by atoms with Gasteiger partial charge in [0.25, 0.3) is 0 Å². The van der Waals surface area contributed by atoms with E-state index in [-0.39, 0.29) is 24.6 Å². The van der Waals surface area contributed by atoms with Gasteiger partial charge in [0.15, 0.2) is 5.75 Å². The van der Waals surface area contributed by atoms with Crippen molar-refractivity contribution < 1.29 is 19.7 Å². The number of rotatable bonds is 7. The molecule has 0 fully saturated rings. The van der Waals surface area contributed by atoms with Gasteiger partial charge in [-0.25, -0.2) is 15.2 Å². The monoisotopic (exact) mass is 562 g/mol. The summed E-state index contributed by atoms with van der Waals surface area (Å²) >= 11 is 0. The number of hydrogen-bond acceptors (Lipinski definition) is 6. The van der Waals surface area contributed by atoms with E-state index in [0.29, 0.717) is 22.7 Å². The van der Waals surface area contributed by atoms with Gasteiger partial charge in [-0.3, -0.25) is 4.79 Å². The Balaban J connectivity index is 1.97. The first kappa shape index (κ1) is 28.6. The molecule has 0 unspecified atom stereocenters. The van der Waals surface area contributed by atoms with Crippen molar-refractivity contribution in [3.8, 4) is 5.75 Å². The SMILES string of the molecule is C=CC1=C(C)c2cc3nc(cc4[nH]c(cc5[nH]c(cc1n2)c(C)c5C=C)c(C)c4OC(=O)CC)C(C)=C3CC(=C)OO. The number of aromatic amines is 2. The highest BCUT2D eigenvalue weighted by Gasteiger charge is 2.22. The highest BCUT2D eigenvalue weighted by atomic mass is 17.1. The summed E-state index contributed by atoms with van der Waals surface area (Å²) in [5, 5.41) is 9.26. The summed E-state index contributed by atoms with van der Waals surface area (Å²) in [4.78, 5) is 33.8. The van der Waals surface area contributed by atoms with Crippen LogP contribution in [0.15, 0.2) is 55.8 Å². The van der Waals surface area contributed by atoms with Gasteiger partial charge in [0.05, 0.1) is 28.3 Å². The first-order chi connectivity index (χ1) is 20.1.